The van der Waals surface area contributed by atoms with Crippen molar-refractivity contribution in [2.45, 2.75) is 32.7 Å². The molecular weight excluding hydrogens is 210 g/mol. The van der Waals surface area contributed by atoms with E-state index < -0.39 is 0 Å². The van der Waals surface area contributed by atoms with Crippen LogP contribution in [0.25, 0.3) is 0 Å². The molecule has 2 atom stereocenters. The Kier molecular flexibility index (Phi) is 4.64. The van der Waals surface area contributed by atoms with Gasteiger partial charge in [0.1, 0.15) is 0 Å². The van der Waals surface area contributed by atoms with Crippen molar-refractivity contribution in [2.75, 3.05) is 5.88 Å². The van der Waals surface area contributed by atoms with Crippen molar-refractivity contribution in [3.05, 3.63) is 18.0 Å². The molecule has 0 aliphatic rings. The van der Waals surface area contributed by atoms with Crippen molar-refractivity contribution in [2.24, 2.45) is 5.92 Å². The maximum atomic E-state index is 8.78. The second kappa shape index (κ2) is 5.77. The highest BCUT2D eigenvalue weighted by Gasteiger charge is 2.10. The predicted octanol–water partition coefficient (Wildman–Crippen LogP) is 2.78. The number of hydrogen-bond donors (Lipinski definition) is 0. The zero-order valence-electron chi connectivity index (χ0n) is 9.15. The van der Waals surface area contributed by atoms with E-state index in [0.29, 0.717) is 18.3 Å². The van der Waals surface area contributed by atoms with Gasteiger partial charge in [0, 0.05) is 24.5 Å². The van der Waals surface area contributed by atoms with Crippen LogP contribution in [0.4, 0.5) is 0 Å². The first-order valence-corrected chi connectivity index (χ1v) is 5.74. The van der Waals surface area contributed by atoms with E-state index in [0.717, 1.165) is 12.1 Å². The Morgan fingerprint density at radius 2 is 2.40 bits per heavy atom. The van der Waals surface area contributed by atoms with E-state index >= 15 is 0 Å². The molecule has 1 heterocycles. The van der Waals surface area contributed by atoms with E-state index in [2.05, 4.69) is 25.0 Å². The third kappa shape index (κ3) is 3.24. The predicted molar refractivity (Wildman–Crippen MR) is 60.8 cm³/mol. The van der Waals surface area contributed by atoms with Crippen molar-refractivity contribution in [3.8, 4) is 6.07 Å². The lowest BCUT2D eigenvalue weighted by Crippen LogP contribution is -2.07. The fourth-order valence-electron chi connectivity index (χ4n) is 1.31. The Morgan fingerprint density at radius 1 is 1.67 bits per heavy atom. The molecule has 3 nitrogen and oxygen atoms in total. The minimum Gasteiger partial charge on any atom is -0.270 e. The van der Waals surface area contributed by atoms with E-state index in [4.69, 9.17) is 16.9 Å². The zero-order chi connectivity index (χ0) is 11.3. The summed E-state index contributed by atoms with van der Waals surface area (Å²) in [6, 6.07) is 4.55. The lowest BCUT2D eigenvalue weighted by atomic mass is 10.1. The number of nitriles is 1. The third-order valence-electron chi connectivity index (χ3n) is 2.53. The minimum absolute atomic E-state index is 0.132. The fourth-order valence-corrected chi connectivity index (χ4v) is 1.48. The summed E-state index contributed by atoms with van der Waals surface area (Å²) in [6.07, 6.45) is 3.66. The second-order valence-electron chi connectivity index (χ2n) is 3.73. The van der Waals surface area contributed by atoms with Gasteiger partial charge in [-0.25, -0.2) is 0 Å². The summed E-state index contributed by atoms with van der Waals surface area (Å²) in [5, 5.41) is 13.2. The van der Waals surface area contributed by atoms with Crippen LogP contribution in [0.5, 0.6) is 0 Å². The third-order valence-corrected chi connectivity index (χ3v) is 2.90. The summed E-state index contributed by atoms with van der Waals surface area (Å²) < 4.78 is 1.94. The molecule has 0 aliphatic heterocycles. The van der Waals surface area contributed by atoms with Crippen LogP contribution in [-0.4, -0.2) is 15.7 Å². The highest BCUT2D eigenvalue weighted by atomic mass is 35.5. The molecule has 0 spiro atoms. The topological polar surface area (TPSA) is 41.6 Å². The van der Waals surface area contributed by atoms with Crippen LogP contribution in [0.15, 0.2) is 12.3 Å². The molecule has 0 saturated heterocycles. The van der Waals surface area contributed by atoms with E-state index in [-0.39, 0.29) is 5.92 Å². The van der Waals surface area contributed by atoms with Crippen LogP contribution < -0.4 is 0 Å². The summed E-state index contributed by atoms with van der Waals surface area (Å²) in [4.78, 5) is 0. The number of rotatable bonds is 5. The Balaban J connectivity index is 2.64. The molecule has 2 unspecified atom stereocenters. The van der Waals surface area contributed by atoms with Gasteiger partial charge in [0.25, 0.3) is 0 Å². The van der Waals surface area contributed by atoms with Crippen LogP contribution in [0.2, 0.25) is 0 Å². The number of halogens is 1. The summed E-state index contributed by atoms with van der Waals surface area (Å²) in [5.41, 5.74) is 0.947. The van der Waals surface area contributed by atoms with Crippen LogP contribution >= 0.6 is 11.6 Å². The molecule has 1 aromatic heterocycles. The van der Waals surface area contributed by atoms with Gasteiger partial charge < -0.3 is 0 Å². The van der Waals surface area contributed by atoms with Gasteiger partial charge in [0.15, 0.2) is 0 Å². The van der Waals surface area contributed by atoms with Crippen LogP contribution in [0.1, 0.15) is 32.0 Å². The van der Waals surface area contributed by atoms with Crippen LogP contribution in [0.3, 0.4) is 0 Å². The highest BCUT2D eigenvalue weighted by Crippen LogP contribution is 2.12. The summed E-state index contributed by atoms with van der Waals surface area (Å²) >= 11 is 5.66. The van der Waals surface area contributed by atoms with Gasteiger partial charge in [0.05, 0.1) is 17.7 Å². The monoisotopic (exact) mass is 225 g/mol. The Labute approximate surface area is 95.7 Å². The SMILES string of the molecule is CCC(C)n1ccc(CC(C#N)CCl)n1. The van der Waals surface area contributed by atoms with Gasteiger partial charge in [-0.1, -0.05) is 6.92 Å². The van der Waals surface area contributed by atoms with Crippen LogP contribution in [-0.2, 0) is 6.42 Å². The van der Waals surface area contributed by atoms with E-state index in [1.807, 2.05) is 16.9 Å². The van der Waals surface area contributed by atoms with Crippen molar-refractivity contribution in [1.82, 2.24) is 9.78 Å². The summed E-state index contributed by atoms with van der Waals surface area (Å²) in [7, 11) is 0. The lowest BCUT2D eigenvalue weighted by molar-refractivity contribution is 0.472. The first-order valence-electron chi connectivity index (χ1n) is 5.20. The Morgan fingerprint density at radius 3 is 2.93 bits per heavy atom. The fraction of sp³-hybridized carbons (Fsp3) is 0.636. The molecule has 0 aromatic carbocycles. The molecule has 0 N–H and O–H groups in total. The standard InChI is InChI=1S/C11H16ClN3/c1-3-9(2)15-5-4-11(14-15)6-10(7-12)8-13/h4-5,9-10H,3,6-7H2,1-2H3. The highest BCUT2D eigenvalue weighted by molar-refractivity contribution is 6.18. The Bertz CT molecular complexity index is 340. The maximum absolute atomic E-state index is 8.78. The van der Waals surface area contributed by atoms with Crippen molar-refractivity contribution < 1.29 is 0 Å². The second-order valence-corrected chi connectivity index (χ2v) is 4.04. The van der Waals surface area contributed by atoms with Gasteiger partial charge in [-0.05, 0) is 19.4 Å². The molecule has 0 amide bonds. The molecule has 0 bridgehead atoms. The smallest absolute Gasteiger partial charge is 0.0672 e. The molecule has 15 heavy (non-hydrogen) atoms. The average Bonchev–Trinajstić information content (AvgIpc) is 2.73. The van der Waals surface area contributed by atoms with Gasteiger partial charge >= 0.3 is 0 Å². The van der Waals surface area contributed by atoms with Crippen molar-refractivity contribution in [1.29, 1.82) is 5.26 Å². The first kappa shape index (κ1) is 12.1. The molecule has 0 fully saturated rings. The van der Waals surface area contributed by atoms with Gasteiger partial charge in [-0.2, -0.15) is 10.4 Å². The molecule has 0 radical (unpaired) electrons. The molecule has 1 rings (SSSR count). The minimum atomic E-state index is -0.132. The van der Waals surface area contributed by atoms with E-state index in [1.165, 1.54) is 0 Å². The van der Waals surface area contributed by atoms with Gasteiger partial charge in [-0.3, -0.25) is 4.68 Å². The van der Waals surface area contributed by atoms with Crippen molar-refractivity contribution >= 4 is 11.6 Å². The first-order chi connectivity index (χ1) is 7.21. The van der Waals surface area contributed by atoms with E-state index in [9.17, 15) is 0 Å². The summed E-state index contributed by atoms with van der Waals surface area (Å²) in [5.74, 6) is 0.235. The number of nitrogens with zero attached hydrogens (tertiary/aromatic N) is 3. The molecule has 4 heteroatoms. The van der Waals surface area contributed by atoms with Crippen molar-refractivity contribution in [3.63, 3.8) is 0 Å². The van der Waals surface area contributed by atoms with Crippen LogP contribution in [0, 0.1) is 17.2 Å². The normalized spacial score (nSPS) is 14.5. The van der Waals surface area contributed by atoms with E-state index in [1.54, 1.807) is 0 Å². The summed E-state index contributed by atoms with van der Waals surface area (Å²) in [6.45, 7) is 4.25. The molecule has 0 saturated carbocycles. The maximum Gasteiger partial charge on any atom is 0.0672 e. The van der Waals surface area contributed by atoms with Gasteiger partial charge in [-0.15, -0.1) is 11.6 Å². The molecule has 1 aromatic rings. The number of alkyl halides is 1. The average molecular weight is 226 g/mol. The lowest BCUT2D eigenvalue weighted by Gasteiger charge is -2.08. The largest absolute Gasteiger partial charge is 0.270 e. The zero-order valence-corrected chi connectivity index (χ0v) is 9.91. The van der Waals surface area contributed by atoms with Gasteiger partial charge in [0.2, 0.25) is 0 Å². The number of aromatic nitrogens is 2. The quantitative estimate of drug-likeness (QED) is 0.724. The Hall–Kier alpha value is -1.01. The number of hydrogen-bond acceptors (Lipinski definition) is 2. The molecular formula is C11H16ClN3. The molecule has 82 valence electrons. The molecule has 0 aliphatic carbocycles.